The molecule has 0 amide bonds. The summed E-state index contributed by atoms with van der Waals surface area (Å²) in [5.41, 5.74) is 2.50. The molecule has 4 aromatic rings. The van der Waals surface area contributed by atoms with Crippen LogP contribution in [0.2, 0.25) is 0 Å². The van der Waals surface area contributed by atoms with Crippen molar-refractivity contribution in [2.24, 2.45) is 0 Å². The molecular weight excluding hydrogens is 331 g/mol. The molecule has 0 N–H and O–H groups in total. The fourth-order valence-electron chi connectivity index (χ4n) is 3.01. The first-order valence-electron chi connectivity index (χ1n) is 8.13. The van der Waals surface area contributed by atoms with Crippen LogP contribution < -0.4 is 10.2 Å². The Morgan fingerprint density at radius 3 is 2.31 bits per heavy atom. The Kier molecular flexibility index (Phi) is 4.01. The second-order valence-electron chi connectivity index (χ2n) is 5.87. The highest BCUT2D eigenvalue weighted by molar-refractivity contribution is 5.96. The predicted molar refractivity (Wildman–Crippen MR) is 99.9 cm³/mol. The summed E-state index contributed by atoms with van der Waals surface area (Å²) < 4.78 is 24.7. The van der Waals surface area contributed by atoms with E-state index in [9.17, 15) is 9.18 Å². The molecule has 1 aromatic heterocycles. The highest BCUT2D eigenvalue weighted by atomic mass is 19.1. The molecule has 0 fully saturated rings. The topological polar surface area (TPSA) is 39.4 Å². The fourth-order valence-corrected chi connectivity index (χ4v) is 3.01. The van der Waals surface area contributed by atoms with Gasteiger partial charge in [-0.15, -0.1) is 0 Å². The van der Waals surface area contributed by atoms with Crippen LogP contribution in [-0.2, 0) is 0 Å². The Morgan fingerprint density at radius 1 is 0.885 bits per heavy atom. The number of methoxy groups -OCH3 is 1. The summed E-state index contributed by atoms with van der Waals surface area (Å²) in [5, 5.41) is 0.369. The largest absolute Gasteiger partial charge is 0.496 e. The molecule has 0 unspecified atom stereocenters. The summed E-state index contributed by atoms with van der Waals surface area (Å²) in [7, 11) is 1.51. The maximum Gasteiger partial charge on any atom is 0.197 e. The van der Waals surface area contributed by atoms with Crippen LogP contribution in [0.5, 0.6) is 5.75 Å². The highest BCUT2D eigenvalue weighted by Gasteiger charge is 2.16. The first kappa shape index (κ1) is 16.1. The minimum Gasteiger partial charge on any atom is -0.496 e. The fraction of sp³-hybridized carbons (Fsp3) is 0.0455. The molecule has 26 heavy (non-hydrogen) atoms. The maximum absolute atomic E-state index is 13.3. The van der Waals surface area contributed by atoms with E-state index in [0.717, 1.165) is 11.1 Å². The molecule has 0 aliphatic carbocycles. The average Bonchev–Trinajstić information content (AvgIpc) is 2.68. The number of rotatable bonds is 3. The zero-order valence-electron chi connectivity index (χ0n) is 14.0. The van der Waals surface area contributed by atoms with Crippen LogP contribution in [0.4, 0.5) is 4.39 Å². The molecule has 0 aliphatic rings. The van der Waals surface area contributed by atoms with E-state index in [0.29, 0.717) is 28.0 Å². The third-order valence-electron chi connectivity index (χ3n) is 4.27. The van der Waals surface area contributed by atoms with Crippen molar-refractivity contribution in [3.05, 3.63) is 88.8 Å². The van der Waals surface area contributed by atoms with Crippen molar-refractivity contribution in [2.45, 2.75) is 0 Å². The van der Waals surface area contributed by atoms with E-state index in [-0.39, 0.29) is 11.2 Å². The van der Waals surface area contributed by atoms with E-state index >= 15 is 0 Å². The number of halogens is 1. The minimum atomic E-state index is -0.321. The number of hydrogen-bond donors (Lipinski definition) is 0. The number of fused-ring (bicyclic) bond motifs is 1. The molecule has 0 aliphatic heterocycles. The quantitative estimate of drug-likeness (QED) is 0.507. The van der Waals surface area contributed by atoms with Gasteiger partial charge in [0, 0.05) is 17.2 Å². The molecule has 3 aromatic carbocycles. The van der Waals surface area contributed by atoms with Gasteiger partial charge in [-0.3, -0.25) is 4.79 Å². The Labute approximate surface area is 149 Å². The van der Waals surface area contributed by atoms with Crippen molar-refractivity contribution < 1.29 is 13.5 Å². The molecule has 128 valence electrons. The van der Waals surface area contributed by atoms with Gasteiger partial charge in [-0.25, -0.2) is 4.39 Å². The summed E-state index contributed by atoms with van der Waals surface area (Å²) in [6.07, 6.45) is 0. The number of ether oxygens (including phenoxy) is 1. The Morgan fingerprint density at radius 2 is 1.62 bits per heavy atom. The van der Waals surface area contributed by atoms with Gasteiger partial charge in [-0.2, -0.15) is 0 Å². The summed E-state index contributed by atoms with van der Waals surface area (Å²) in [4.78, 5) is 12.8. The second kappa shape index (κ2) is 6.48. The standard InChI is InChI=1S/C22H15FO3/c1-25-19-12-11-17(14-7-9-16(23)10-8-14)22-21(19)18(24)13-20(26-22)15-5-3-2-4-6-15/h2-13H,1H3. The average molecular weight is 346 g/mol. The molecule has 4 rings (SSSR count). The third kappa shape index (κ3) is 2.75. The smallest absolute Gasteiger partial charge is 0.197 e. The minimum absolute atomic E-state index is 0.189. The maximum atomic E-state index is 13.3. The first-order chi connectivity index (χ1) is 12.7. The summed E-state index contributed by atoms with van der Waals surface area (Å²) in [6, 6.07) is 20.5. The van der Waals surface area contributed by atoms with Crippen molar-refractivity contribution >= 4 is 11.0 Å². The SMILES string of the molecule is COc1ccc(-c2ccc(F)cc2)c2oc(-c3ccccc3)cc(=O)c12. The normalized spacial score (nSPS) is 10.8. The van der Waals surface area contributed by atoms with E-state index in [2.05, 4.69) is 0 Å². The van der Waals surface area contributed by atoms with Gasteiger partial charge in [-0.1, -0.05) is 42.5 Å². The molecule has 1 heterocycles. The van der Waals surface area contributed by atoms with Crippen LogP contribution in [0.25, 0.3) is 33.4 Å². The number of benzene rings is 3. The first-order valence-corrected chi connectivity index (χ1v) is 8.13. The molecule has 0 radical (unpaired) electrons. The van der Waals surface area contributed by atoms with Crippen molar-refractivity contribution in [2.75, 3.05) is 7.11 Å². The van der Waals surface area contributed by atoms with Crippen LogP contribution in [0, 0.1) is 5.82 Å². The lowest BCUT2D eigenvalue weighted by atomic mass is 10.0. The van der Waals surface area contributed by atoms with Gasteiger partial charge in [0.1, 0.15) is 28.3 Å². The Balaban J connectivity index is 2.05. The Hall–Kier alpha value is -3.40. The molecule has 0 bridgehead atoms. The second-order valence-corrected chi connectivity index (χ2v) is 5.87. The summed E-state index contributed by atoms with van der Waals surface area (Å²) >= 11 is 0. The van der Waals surface area contributed by atoms with Gasteiger partial charge in [0.15, 0.2) is 5.43 Å². The lowest BCUT2D eigenvalue weighted by Crippen LogP contribution is -2.03. The van der Waals surface area contributed by atoms with E-state index in [1.54, 1.807) is 18.2 Å². The monoisotopic (exact) mass is 346 g/mol. The van der Waals surface area contributed by atoms with Crippen LogP contribution in [0.3, 0.4) is 0 Å². The Bertz CT molecular complexity index is 1130. The summed E-state index contributed by atoms with van der Waals surface area (Å²) in [5.74, 6) is 0.594. The van der Waals surface area contributed by atoms with Crippen molar-refractivity contribution in [1.82, 2.24) is 0 Å². The van der Waals surface area contributed by atoms with Crippen molar-refractivity contribution in [3.63, 3.8) is 0 Å². The van der Waals surface area contributed by atoms with Crippen molar-refractivity contribution in [1.29, 1.82) is 0 Å². The van der Waals surface area contributed by atoms with Crippen molar-refractivity contribution in [3.8, 4) is 28.2 Å². The van der Waals surface area contributed by atoms with Gasteiger partial charge in [-0.05, 0) is 29.8 Å². The van der Waals surface area contributed by atoms with E-state index < -0.39 is 0 Å². The van der Waals surface area contributed by atoms with Crippen LogP contribution in [0.1, 0.15) is 0 Å². The van der Waals surface area contributed by atoms with Gasteiger partial charge >= 0.3 is 0 Å². The molecule has 4 heteroatoms. The lowest BCUT2D eigenvalue weighted by Gasteiger charge is -2.11. The predicted octanol–water partition coefficient (Wildman–Crippen LogP) is 5.27. The molecule has 0 saturated carbocycles. The summed E-state index contributed by atoms with van der Waals surface area (Å²) in [6.45, 7) is 0. The number of hydrogen-bond acceptors (Lipinski definition) is 3. The van der Waals surface area contributed by atoms with Gasteiger partial charge in [0.05, 0.1) is 7.11 Å². The van der Waals surface area contributed by atoms with Crippen LogP contribution in [0.15, 0.2) is 82.0 Å². The molecule has 0 atom stereocenters. The van der Waals surface area contributed by atoms with Crippen LogP contribution >= 0.6 is 0 Å². The zero-order chi connectivity index (χ0) is 18.1. The molecular formula is C22H15FO3. The van der Waals surface area contributed by atoms with Gasteiger partial charge < -0.3 is 9.15 Å². The highest BCUT2D eigenvalue weighted by Crippen LogP contribution is 2.35. The van der Waals surface area contributed by atoms with E-state index in [1.807, 2.05) is 36.4 Å². The third-order valence-corrected chi connectivity index (χ3v) is 4.27. The molecule has 0 spiro atoms. The lowest BCUT2D eigenvalue weighted by molar-refractivity contribution is 0.419. The van der Waals surface area contributed by atoms with Gasteiger partial charge in [0.2, 0.25) is 0 Å². The van der Waals surface area contributed by atoms with E-state index in [1.165, 1.54) is 25.3 Å². The zero-order valence-corrected chi connectivity index (χ0v) is 14.0. The molecule has 0 saturated heterocycles. The van der Waals surface area contributed by atoms with Gasteiger partial charge in [0.25, 0.3) is 0 Å². The van der Waals surface area contributed by atoms with Crippen LogP contribution in [-0.4, -0.2) is 7.11 Å². The molecule has 3 nitrogen and oxygen atoms in total. The van der Waals surface area contributed by atoms with E-state index in [4.69, 9.17) is 9.15 Å².